The zero-order valence-electron chi connectivity index (χ0n) is 22.9. The Bertz CT molecular complexity index is 1000. The van der Waals surface area contributed by atoms with Crippen LogP contribution in [-0.4, -0.2) is 51.6 Å². The number of dihydropyridines is 1. The minimum Gasteiger partial charge on any atom is -0.355 e. The highest BCUT2D eigenvalue weighted by molar-refractivity contribution is 6.03. The summed E-state index contributed by atoms with van der Waals surface area (Å²) in [5, 5.41) is 0. The second-order valence-electron chi connectivity index (χ2n) is 11.7. The Balaban J connectivity index is 1.64. The summed E-state index contributed by atoms with van der Waals surface area (Å²) in [6, 6.07) is 1.49. The van der Waals surface area contributed by atoms with E-state index in [1.54, 1.807) is 33.9 Å². The van der Waals surface area contributed by atoms with Crippen molar-refractivity contribution in [2.45, 2.75) is 112 Å². The molecule has 0 saturated carbocycles. The molecule has 0 N–H and O–H groups in total. The van der Waals surface area contributed by atoms with Gasteiger partial charge in [-0.15, -0.1) is 0 Å². The molecule has 4 heteroatoms. The van der Waals surface area contributed by atoms with E-state index in [2.05, 4.69) is 76.2 Å². The molecule has 0 bridgehead atoms. The number of fused-ring (bicyclic) bond motifs is 1. The Morgan fingerprint density at radius 3 is 2.29 bits per heavy atom. The van der Waals surface area contributed by atoms with Gasteiger partial charge in [-0.2, -0.15) is 0 Å². The van der Waals surface area contributed by atoms with Gasteiger partial charge in [0.15, 0.2) is 0 Å². The SMILES string of the molecule is CCC(C)N1CCCC2=C1N(C(C)C)C1=C(C2)C(C)C2=C(C1C)N(C(C)C)C1=CCCN=C1C2. The fourth-order valence-electron chi connectivity index (χ4n) is 7.28. The van der Waals surface area contributed by atoms with Crippen molar-refractivity contribution in [3.8, 4) is 0 Å². The first-order valence-electron chi connectivity index (χ1n) is 14.0. The average Bonchev–Trinajstić information content (AvgIpc) is 2.83. The molecule has 0 amide bonds. The molecular weight excluding hydrogens is 416 g/mol. The first-order chi connectivity index (χ1) is 16.3. The molecule has 4 nitrogen and oxygen atoms in total. The average molecular weight is 463 g/mol. The van der Waals surface area contributed by atoms with Crippen molar-refractivity contribution in [3.63, 3.8) is 0 Å². The lowest BCUT2D eigenvalue weighted by atomic mass is 9.70. The standard InChI is InChI=1S/C30H46N4/c1-9-20(6)32-15-11-12-23-16-24-21(7)25-17-26-27(13-10-14-31-26)33(18(2)3)28(25)22(8)29(24)34(19(4)5)30(23)32/h13,18-22H,9-12,14-17H2,1-8H3. The maximum atomic E-state index is 5.02. The number of nitrogens with zero attached hydrogens (tertiary/aromatic N) is 4. The molecule has 0 aromatic rings. The first-order valence-corrected chi connectivity index (χ1v) is 14.0. The monoisotopic (exact) mass is 462 g/mol. The van der Waals surface area contributed by atoms with Crippen molar-refractivity contribution in [3.05, 3.63) is 45.7 Å². The van der Waals surface area contributed by atoms with E-state index in [0.29, 0.717) is 30.0 Å². The Morgan fingerprint density at radius 1 is 0.941 bits per heavy atom. The number of aliphatic imine (C=N–C) groups is 1. The van der Waals surface area contributed by atoms with Gasteiger partial charge >= 0.3 is 0 Å². The second-order valence-corrected chi connectivity index (χ2v) is 11.7. The van der Waals surface area contributed by atoms with Crippen molar-refractivity contribution in [1.82, 2.24) is 14.7 Å². The summed E-state index contributed by atoms with van der Waals surface area (Å²) in [6.07, 6.45) is 9.49. The molecule has 5 aliphatic rings. The van der Waals surface area contributed by atoms with Gasteiger partial charge in [0.2, 0.25) is 0 Å². The van der Waals surface area contributed by atoms with E-state index in [1.165, 1.54) is 43.6 Å². The largest absolute Gasteiger partial charge is 0.355 e. The third-order valence-electron chi connectivity index (χ3n) is 8.98. The van der Waals surface area contributed by atoms with Gasteiger partial charge in [0.1, 0.15) is 5.82 Å². The summed E-state index contributed by atoms with van der Waals surface area (Å²) in [5.74, 6) is 2.46. The van der Waals surface area contributed by atoms with Gasteiger partial charge in [-0.1, -0.05) is 26.8 Å². The predicted molar refractivity (Wildman–Crippen MR) is 143 cm³/mol. The van der Waals surface area contributed by atoms with E-state index in [-0.39, 0.29) is 0 Å². The fraction of sp³-hybridized carbons (Fsp3) is 0.700. The van der Waals surface area contributed by atoms with Gasteiger partial charge in [-0.05, 0) is 83.4 Å². The van der Waals surface area contributed by atoms with Crippen molar-refractivity contribution < 1.29 is 0 Å². The van der Waals surface area contributed by atoms with E-state index in [4.69, 9.17) is 4.99 Å². The molecule has 0 spiro atoms. The molecule has 34 heavy (non-hydrogen) atoms. The van der Waals surface area contributed by atoms with E-state index in [9.17, 15) is 0 Å². The van der Waals surface area contributed by atoms with Gasteiger partial charge in [0, 0.05) is 60.9 Å². The molecule has 0 aromatic heterocycles. The fourth-order valence-corrected chi connectivity index (χ4v) is 7.28. The minimum atomic E-state index is 0.408. The molecule has 0 fully saturated rings. The highest BCUT2D eigenvalue weighted by Gasteiger charge is 2.46. The summed E-state index contributed by atoms with van der Waals surface area (Å²) >= 11 is 0. The van der Waals surface area contributed by atoms with E-state index in [1.807, 2.05) is 0 Å². The van der Waals surface area contributed by atoms with Crippen LogP contribution in [0.5, 0.6) is 0 Å². The van der Waals surface area contributed by atoms with Crippen LogP contribution in [0.4, 0.5) is 0 Å². The van der Waals surface area contributed by atoms with Crippen LogP contribution in [0.1, 0.15) is 93.9 Å². The molecule has 1 aliphatic carbocycles. The quantitative estimate of drug-likeness (QED) is 0.456. The Labute approximate surface area is 208 Å². The number of hydrogen-bond acceptors (Lipinski definition) is 4. The molecule has 0 saturated heterocycles. The van der Waals surface area contributed by atoms with Gasteiger partial charge in [-0.3, -0.25) is 4.99 Å². The molecule has 4 aliphatic heterocycles. The minimum absolute atomic E-state index is 0.408. The summed E-state index contributed by atoms with van der Waals surface area (Å²) in [4.78, 5) is 13.2. The Morgan fingerprint density at radius 2 is 1.62 bits per heavy atom. The topological polar surface area (TPSA) is 22.1 Å². The molecule has 3 unspecified atom stereocenters. The van der Waals surface area contributed by atoms with E-state index < -0.39 is 0 Å². The van der Waals surface area contributed by atoms with Gasteiger partial charge < -0.3 is 14.7 Å². The van der Waals surface area contributed by atoms with Crippen molar-refractivity contribution in [2.24, 2.45) is 16.8 Å². The van der Waals surface area contributed by atoms with Crippen LogP contribution in [0.15, 0.2) is 50.7 Å². The van der Waals surface area contributed by atoms with Crippen LogP contribution in [0.25, 0.3) is 0 Å². The molecule has 0 aromatic carbocycles. The first kappa shape index (κ1) is 23.8. The zero-order valence-corrected chi connectivity index (χ0v) is 22.9. The summed E-state index contributed by atoms with van der Waals surface area (Å²) in [7, 11) is 0. The third-order valence-corrected chi connectivity index (χ3v) is 8.98. The van der Waals surface area contributed by atoms with Gasteiger partial charge in [0.25, 0.3) is 0 Å². The molecule has 3 atom stereocenters. The molecule has 186 valence electrons. The van der Waals surface area contributed by atoms with Crippen molar-refractivity contribution in [1.29, 1.82) is 0 Å². The molecular formula is C30H46N4. The summed E-state index contributed by atoms with van der Waals surface area (Å²) < 4.78 is 0. The van der Waals surface area contributed by atoms with Crippen LogP contribution >= 0.6 is 0 Å². The lowest BCUT2D eigenvalue weighted by molar-refractivity contribution is 0.134. The van der Waals surface area contributed by atoms with Crippen LogP contribution in [0.2, 0.25) is 0 Å². The molecule has 0 radical (unpaired) electrons. The van der Waals surface area contributed by atoms with Gasteiger partial charge in [-0.25, -0.2) is 0 Å². The normalized spacial score (nSPS) is 28.1. The van der Waals surface area contributed by atoms with Crippen LogP contribution in [0.3, 0.4) is 0 Å². The predicted octanol–water partition coefficient (Wildman–Crippen LogP) is 6.84. The number of rotatable bonds is 4. The molecule has 5 rings (SSSR count). The highest BCUT2D eigenvalue weighted by Crippen LogP contribution is 2.53. The summed E-state index contributed by atoms with van der Waals surface area (Å²) in [6.45, 7) is 21.4. The Hall–Kier alpha value is -1.97. The third kappa shape index (κ3) is 3.50. The van der Waals surface area contributed by atoms with Crippen LogP contribution in [0, 0.1) is 11.8 Å². The number of allylic oxidation sites excluding steroid dienone is 4. The zero-order chi connectivity index (χ0) is 24.3. The summed E-state index contributed by atoms with van der Waals surface area (Å²) in [5.41, 5.74) is 10.9. The van der Waals surface area contributed by atoms with Gasteiger partial charge in [0.05, 0.1) is 11.4 Å². The van der Waals surface area contributed by atoms with Crippen molar-refractivity contribution >= 4 is 5.71 Å². The van der Waals surface area contributed by atoms with E-state index in [0.717, 1.165) is 19.4 Å². The maximum Gasteiger partial charge on any atom is 0.108 e. The lowest BCUT2D eigenvalue weighted by Gasteiger charge is -2.54. The molecule has 4 heterocycles. The van der Waals surface area contributed by atoms with Crippen molar-refractivity contribution in [2.75, 3.05) is 13.1 Å². The van der Waals surface area contributed by atoms with E-state index >= 15 is 0 Å². The van der Waals surface area contributed by atoms with Crippen LogP contribution < -0.4 is 0 Å². The highest BCUT2D eigenvalue weighted by atomic mass is 15.4. The maximum absolute atomic E-state index is 5.02. The Kier molecular flexibility index (Phi) is 6.23. The second kappa shape index (κ2) is 8.91. The lowest BCUT2D eigenvalue weighted by Crippen LogP contribution is -2.51. The number of hydrogen-bond donors (Lipinski definition) is 0. The van der Waals surface area contributed by atoms with Crippen LogP contribution in [-0.2, 0) is 0 Å². The smallest absolute Gasteiger partial charge is 0.108 e.